The third kappa shape index (κ3) is 2.86. The van der Waals surface area contributed by atoms with Crippen LogP contribution < -0.4 is 4.74 Å². The Bertz CT molecular complexity index is 308. The Balaban J connectivity index is 2.02. The van der Waals surface area contributed by atoms with Crippen LogP contribution in [0.25, 0.3) is 0 Å². The SMILES string of the molecule is ClCc1ccccc1OC1CCCCO1. The molecule has 1 aromatic rings. The molecule has 0 bridgehead atoms. The highest BCUT2D eigenvalue weighted by atomic mass is 35.5. The quantitative estimate of drug-likeness (QED) is 0.736. The fraction of sp³-hybridized carbons (Fsp3) is 0.500. The fourth-order valence-electron chi connectivity index (χ4n) is 1.67. The Hall–Kier alpha value is -0.730. The van der Waals surface area contributed by atoms with Crippen molar-refractivity contribution in [3.8, 4) is 5.75 Å². The lowest BCUT2D eigenvalue weighted by Crippen LogP contribution is -2.25. The molecule has 0 aromatic heterocycles. The van der Waals surface area contributed by atoms with Crippen LogP contribution in [-0.2, 0) is 10.6 Å². The second kappa shape index (κ2) is 5.38. The Morgan fingerprint density at radius 3 is 2.93 bits per heavy atom. The van der Waals surface area contributed by atoms with E-state index in [1.165, 1.54) is 6.42 Å². The van der Waals surface area contributed by atoms with Crippen LogP contribution in [-0.4, -0.2) is 12.9 Å². The van der Waals surface area contributed by atoms with Crippen molar-refractivity contribution in [2.45, 2.75) is 31.4 Å². The largest absolute Gasteiger partial charge is 0.465 e. The van der Waals surface area contributed by atoms with Crippen LogP contribution in [0.3, 0.4) is 0 Å². The molecule has 15 heavy (non-hydrogen) atoms. The molecule has 2 nitrogen and oxygen atoms in total. The molecule has 0 radical (unpaired) electrons. The van der Waals surface area contributed by atoms with Gasteiger partial charge in [0.2, 0.25) is 0 Å². The molecule has 1 aromatic carbocycles. The van der Waals surface area contributed by atoms with Crippen molar-refractivity contribution in [1.29, 1.82) is 0 Å². The number of alkyl halides is 1. The van der Waals surface area contributed by atoms with Crippen molar-refractivity contribution >= 4 is 11.6 Å². The third-order valence-electron chi connectivity index (χ3n) is 2.51. The Kier molecular flexibility index (Phi) is 3.87. The summed E-state index contributed by atoms with van der Waals surface area (Å²) in [5.41, 5.74) is 1.02. The first-order valence-corrected chi connectivity index (χ1v) is 5.86. The molecule has 0 saturated carbocycles. The van der Waals surface area contributed by atoms with Crippen molar-refractivity contribution in [2.75, 3.05) is 6.61 Å². The molecule has 1 atom stereocenters. The summed E-state index contributed by atoms with van der Waals surface area (Å²) >= 11 is 5.83. The third-order valence-corrected chi connectivity index (χ3v) is 2.80. The average Bonchev–Trinajstić information content (AvgIpc) is 2.31. The lowest BCUT2D eigenvalue weighted by Gasteiger charge is -2.24. The molecule has 0 aliphatic carbocycles. The zero-order valence-corrected chi connectivity index (χ0v) is 9.37. The summed E-state index contributed by atoms with van der Waals surface area (Å²) in [7, 11) is 0. The van der Waals surface area contributed by atoms with Gasteiger partial charge in [-0.3, -0.25) is 0 Å². The molecule has 82 valence electrons. The number of halogens is 1. The molecule has 0 amide bonds. The second-order valence-corrected chi connectivity index (χ2v) is 3.92. The van der Waals surface area contributed by atoms with Crippen molar-refractivity contribution in [2.24, 2.45) is 0 Å². The van der Waals surface area contributed by atoms with Gasteiger partial charge in [0.05, 0.1) is 12.5 Å². The van der Waals surface area contributed by atoms with E-state index in [2.05, 4.69) is 0 Å². The van der Waals surface area contributed by atoms with Gasteiger partial charge in [-0.2, -0.15) is 0 Å². The summed E-state index contributed by atoms with van der Waals surface area (Å²) in [5, 5.41) is 0. The van der Waals surface area contributed by atoms with Crippen molar-refractivity contribution in [1.82, 2.24) is 0 Å². The summed E-state index contributed by atoms with van der Waals surface area (Å²) in [6.07, 6.45) is 3.18. The van der Waals surface area contributed by atoms with Crippen LogP contribution in [0.4, 0.5) is 0 Å². The Morgan fingerprint density at radius 1 is 1.33 bits per heavy atom. The minimum absolute atomic E-state index is 0.0943. The van der Waals surface area contributed by atoms with Crippen LogP contribution in [0.5, 0.6) is 5.75 Å². The van der Waals surface area contributed by atoms with Crippen molar-refractivity contribution in [3.63, 3.8) is 0 Å². The lowest BCUT2D eigenvalue weighted by atomic mass is 10.2. The van der Waals surface area contributed by atoms with Gasteiger partial charge in [0.15, 0.2) is 6.29 Å². The van der Waals surface area contributed by atoms with E-state index >= 15 is 0 Å². The van der Waals surface area contributed by atoms with Gasteiger partial charge in [-0.15, -0.1) is 11.6 Å². The second-order valence-electron chi connectivity index (χ2n) is 3.66. The van der Waals surface area contributed by atoms with Crippen LogP contribution in [0.1, 0.15) is 24.8 Å². The molecule has 1 saturated heterocycles. The molecule has 1 unspecified atom stereocenters. The number of hydrogen-bond donors (Lipinski definition) is 0. The fourth-order valence-corrected chi connectivity index (χ4v) is 1.90. The van der Waals surface area contributed by atoms with Crippen LogP contribution in [0.2, 0.25) is 0 Å². The molecular weight excluding hydrogens is 212 g/mol. The molecule has 1 heterocycles. The van der Waals surface area contributed by atoms with E-state index in [0.717, 1.165) is 30.8 Å². The van der Waals surface area contributed by atoms with Gasteiger partial charge in [0.1, 0.15) is 5.75 Å². The van der Waals surface area contributed by atoms with Crippen molar-refractivity contribution in [3.05, 3.63) is 29.8 Å². The molecule has 2 rings (SSSR count). The number of hydrogen-bond acceptors (Lipinski definition) is 2. The molecule has 1 aliphatic heterocycles. The summed E-state index contributed by atoms with van der Waals surface area (Å²) < 4.78 is 11.3. The highest BCUT2D eigenvalue weighted by molar-refractivity contribution is 6.17. The van der Waals surface area contributed by atoms with E-state index in [1.54, 1.807) is 0 Å². The van der Waals surface area contributed by atoms with E-state index < -0.39 is 0 Å². The van der Waals surface area contributed by atoms with Gasteiger partial charge in [-0.25, -0.2) is 0 Å². The molecular formula is C12H15ClO2. The average molecular weight is 227 g/mol. The number of rotatable bonds is 3. The Labute approximate surface area is 95.1 Å². The minimum Gasteiger partial charge on any atom is -0.465 e. The predicted octanol–water partition coefficient (Wildman–Crippen LogP) is 3.33. The van der Waals surface area contributed by atoms with Gasteiger partial charge >= 0.3 is 0 Å². The lowest BCUT2D eigenvalue weighted by molar-refractivity contribution is -0.106. The van der Waals surface area contributed by atoms with Crippen LogP contribution >= 0.6 is 11.6 Å². The van der Waals surface area contributed by atoms with Crippen molar-refractivity contribution < 1.29 is 9.47 Å². The highest BCUT2D eigenvalue weighted by Crippen LogP contribution is 2.24. The van der Waals surface area contributed by atoms with Gasteiger partial charge in [-0.1, -0.05) is 18.2 Å². The molecule has 0 spiro atoms. The first kappa shape index (κ1) is 10.8. The van der Waals surface area contributed by atoms with E-state index in [0.29, 0.717) is 5.88 Å². The molecule has 1 aliphatic rings. The molecule has 1 fully saturated rings. The normalized spacial score (nSPS) is 21.3. The summed E-state index contributed by atoms with van der Waals surface area (Å²) in [5.74, 6) is 1.32. The summed E-state index contributed by atoms with van der Waals surface area (Å²) in [4.78, 5) is 0. The number of benzene rings is 1. The zero-order valence-electron chi connectivity index (χ0n) is 8.62. The smallest absolute Gasteiger partial charge is 0.199 e. The highest BCUT2D eigenvalue weighted by Gasteiger charge is 2.16. The molecule has 3 heteroatoms. The monoisotopic (exact) mass is 226 g/mol. The maximum atomic E-state index is 5.83. The molecule has 0 N–H and O–H groups in total. The van der Waals surface area contributed by atoms with Gasteiger partial charge < -0.3 is 9.47 Å². The topological polar surface area (TPSA) is 18.5 Å². The van der Waals surface area contributed by atoms with E-state index in [9.17, 15) is 0 Å². The standard InChI is InChI=1S/C12H15ClO2/c13-9-10-5-1-2-6-11(10)15-12-7-3-4-8-14-12/h1-2,5-6,12H,3-4,7-9H2. The number of ether oxygens (including phenoxy) is 2. The maximum absolute atomic E-state index is 5.83. The summed E-state index contributed by atoms with van der Waals surface area (Å²) in [6, 6.07) is 7.83. The van der Waals surface area contributed by atoms with Gasteiger partial charge in [0.25, 0.3) is 0 Å². The first-order valence-electron chi connectivity index (χ1n) is 5.32. The number of para-hydroxylation sites is 1. The predicted molar refractivity (Wildman–Crippen MR) is 60.2 cm³/mol. The van der Waals surface area contributed by atoms with Crippen LogP contribution in [0, 0.1) is 0 Å². The van der Waals surface area contributed by atoms with E-state index in [-0.39, 0.29) is 6.29 Å². The maximum Gasteiger partial charge on any atom is 0.199 e. The van der Waals surface area contributed by atoms with Gasteiger partial charge in [-0.05, 0) is 18.9 Å². The van der Waals surface area contributed by atoms with Gasteiger partial charge in [0, 0.05) is 12.0 Å². The minimum atomic E-state index is -0.0943. The van der Waals surface area contributed by atoms with E-state index in [1.807, 2.05) is 24.3 Å². The van der Waals surface area contributed by atoms with Crippen LogP contribution in [0.15, 0.2) is 24.3 Å². The Morgan fingerprint density at radius 2 is 2.20 bits per heavy atom. The zero-order chi connectivity index (χ0) is 10.5. The first-order chi connectivity index (χ1) is 7.40. The summed E-state index contributed by atoms with van der Waals surface area (Å²) in [6.45, 7) is 0.799. The van der Waals surface area contributed by atoms with E-state index in [4.69, 9.17) is 21.1 Å².